The summed E-state index contributed by atoms with van der Waals surface area (Å²) >= 11 is 0. The number of carbonyl (C=O) groups is 1. The van der Waals surface area contributed by atoms with Gasteiger partial charge in [-0.2, -0.15) is 0 Å². The van der Waals surface area contributed by atoms with E-state index in [1.807, 2.05) is 0 Å². The number of rotatable bonds is 8. The van der Waals surface area contributed by atoms with Crippen LogP contribution in [0.2, 0.25) is 0 Å². The van der Waals surface area contributed by atoms with E-state index < -0.39 is 0 Å². The topological polar surface area (TPSA) is 64.9 Å². The summed E-state index contributed by atoms with van der Waals surface area (Å²) in [5.74, 6) is 4.30. The third-order valence-electron chi connectivity index (χ3n) is 6.91. The van der Waals surface area contributed by atoms with Gasteiger partial charge in [-0.15, -0.1) is 6.42 Å². The minimum atomic E-state index is 0.125. The molecule has 2 aromatic rings. The van der Waals surface area contributed by atoms with Gasteiger partial charge in [-0.25, -0.2) is 0 Å². The summed E-state index contributed by atoms with van der Waals surface area (Å²) in [5.41, 5.74) is 2.27. The first-order chi connectivity index (χ1) is 16.1. The van der Waals surface area contributed by atoms with Crippen LogP contribution >= 0.6 is 0 Å². The van der Waals surface area contributed by atoms with Crippen LogP contribution in [0.4, 0.5) is 5.69 Å². The molecule has 0 bridgehead atoms. The van der Waals surface area contributed by atoms with Gasteiger partial charge >= 0.3 is 0 Å². The van der Waals surface area contributed by atoms with Gasteiger partial charge in [0.25, 0.3) is 0 Å². The molecule has 2 aliphatic rings. The van der Waals surface area contributed by atoms with Crippen LogP contribution in [0.5, 0.6) is 0 Å². The van der Waals surface area contributed by atoms with Gasteiger partial charge in [-0.1, -0.05) is 29.3 Å². The molecule has 2 saturated heterocycles. The fourth-order valence-electron chi connectivity index (χ4n) is 4.91. The molecule has 0 aliphatic carbocycles. The molecule has 2 aliphatic heterocycles. The second-order valence-corrected chi connectivity index (χ2v) is 9.26. The predicted octanol–water partition coefficient (Wildman–Crippen LogP) is 2.25. The maximum atomic E-state index is 12.5. The molecule has 3 heterocycles. The Morgan fingerprint density at radius 3 is 2.79 bits per heavy atom. The van der Waals surface area contributed by atoms with Crippen LogP contribution in [-0.2, 0) is 17.8 Å². The maximum absolute atomic E-state index is 12.5. The number of hydrogen-bond donors (Lipinski definition) is 1. The average Bonchev–Trinajstić information content (AvgIpc) is 3.28. The fraction of sp³-hybridized carbons (Fsp3) is 0.538. The molecule has 7 nitrogen and oxygen atoms in total. The van der Waals surface area contributed by atoms with Crippen molar-refractivity contribution in [1.29, 1.82) is 0 Å². The number of para-hydroxylation sites is 1. The molecule has 1 aromatic carbocycles. The molecule has 7 heteroatoms. The van der Waals surface area contributed by atoms with Crippen molar-refractivity contribution in [3.63, 3.8) is 0 Å². The average molecular weight is 450 g/mol. The van der Waals surface area contributed by atoms with Crippen molar-refractivity contribution in [1.82, 2.24) is 20.3 Å². The van der Waals surface area contributed by atoms with Crippen molar-refractivity contribution in [3.05, 3.63) is 47.9 Å². The summed E-state index contributed by atoms with van der Waals surface area (Å²) in [6.45, 7) is 7.05. The molecule has 0 spiro atoms. The van der Waals surface area contributed by atoms with Gasteiger partial charge in [0.2, 0.25) is 5.91 Å². The SMILES string of the molecule is C#CCN(C)C(=O)CC1CCNCC1Cc1cc(CN2CCN(c3ccccc3)CC2)on1. The van der Waals surface area contributed by atoms with E-state index in [0.29, 0.717) is 24.8 Å². The highest BCUT2D eigenvalue weighted by molar-refractivity contribution is 5.76. The van der Waals surface area contributed by atoms with Crippen molar-refractivity contribution in [2.45, 2.75) is 25.8 Å². The molecule has 33 heavy (non-hydrogen) atoms. The van der Waals surface area contributed by atoms with E-state index in [0.717, 1.165) is 70.1 Å². The second kappa shape index (κ2) is 11.4. The van der Waals surface area contributed by atoms with Crippen LogP contribution in [0.1, 0.15) is 24.3 Å². The van der Waals surface area contributed by atoms with E-state index in [-0.39, 0.29) is 5.91 Å². The molecule has 2 fully saturated rings. The number of carbonyl (C=O) groups excluding carboxylic acids is 1. The number of anilines is 1. The first-order valence-corrected chi connectivity index (χ1v) is 12.0. The zero-order valence-electron chi connectivity index (χ0n) is 19.6. The predicted molar refractivity (Wildman–Crippen MR) is 130 cm³/mol. The zero-order chi connectivity index (χ0) is 23.0. The lowest BCUT2D eigenvalue weighted by Crippen LogP contribution is -2.45. The first kappa shape index (κ1) is 23.3. The van der Waals surface area contributed by atoms with E-state index in [9.17, 15) is 4.79 Å². The third kappa shape index (κ3) is 6.37. The third-order valence-corrected chi connectivity index (χ3v) is 6.91. The minimum absolute atomic E-state index is 0.125. The number of amides is 1. The van der Waals surface area contributed by atoms with Gasteiger partial charge in [-0.05, 0) is 49.9 Å². The highest BCUT2D eigenvalue weighted by Crippen LogP contribution is 2.27. The molecule has 2 unspecified atom stereocenters. The van der Waals surface area contributed by atoms with Crippen LogP contribution in [0, 0.1) is 24.2 Å². The lowest BCUT2D eigenvalue weighted by atomic mass is 9.81. The van der Waals surface area contributed by atoms with E-state index >= 15 is 0 Å². The van der Waals surface area contributed by atoms with Crippen LogP contribution in [0.25, 0.3) is 0 Å². The van der Waals surface area contributed by atoms with Crippen LogP contribution in [0.15, 0.2) is 40.9 Å². The van der Waals surface area contributed by atoms with Crippen molar-refractivity contribution in [2.24, 2.45) is 11.8 Å². The molecule has 0 radical (unpaired) electrons. The molecule has 1 amide bonds. The number of piperidine rings is 1. The minimum Gasteiger partial charge on any atom is -0.369 e. The summed E-state index contributed by atoms with van der Waals surface area (Å²) in [4.78, 5) is 19.0. The van der Waals surface area contributed by atoms with Crippen molar-refractivity contribution in [3.8, 4) is 12.3 Å². The monoisotopic (exact) mass is 449 g/mol. The first-order valence-electron chi connectivity index (χ1n) is 12.0. The highest BCUT2D eigenvalue weighted by atomic mass is 16.5. The lowest BCUT2D eigenvalue weighted by Gasteiger charge is -2.35. The molecule has 2 atom stereocenters. The van der Waals surface area contributed by atoms with E-state index in [4.69, 9.17) is 10.9 Å². The molecule has 1 aromatic heterocycles. The van der Waals surface area contributed by atoms with E-state index in [1.54, 1.807) is 11.9 Å². The van der Waals surface area contributed by atoms with Crippen LogP contribution in [-0.4, -0.2) is 73.7 Å². The molecule has 0 saturated carbocycles. The Bertz CT molecular complexity index is 930. The molecule has 176 valence electrons. The van der Waals surface area contributed by atoms with Crippen molar-refractivity contribution in [2.75, 3.05) is 57.8 Å². The number of benzene rings is 1. The van der Waals surface area contributed by atoms with Gasteiger partial charge in [0.15, 0.2) is 5.76 Å². The maximum Gasteiger partial charge on any atom is 0.223 e. The van der Waals surface area contributed by atoms with E-state index in [1.165, 1.54) is 5.69 Å². The Morgan fingerprint density at radius 2 is 2.03 bits per heavy atom. The quantitative estimate of drug-likeness (QED) is 0.624. The number of piperazine rings is 1. The van der Waals surface area contributed by atoms with Crippen LogP contribution in [0.3, 0.4) is 0 Å². The number of nitrogens with one attached hydrogen (secondary N) is 1. The summed E-state index contributed by atoms with van der Waals surface area (Å²) in [5, 5.41) is 7.83. The lowest BCUT2D eigenvalue weighted by molar-refractivity contribution is -0.131. The fourth-order valence-corrected chi connectivity index (χ4v) is 4.91. The molecular weight excluding hydrogens is 414 g/mol. The van der Waals surface area contributed by atoms with Crippen molar-refractivity contribution >= 4 is 11.6 Å². The number of nitrogens with zero attached hydrogens (tertiary/aromatic N) is 4. The van der Waals surface area contributed by atoms with Gasteiger partial charge < -0.3 is 19.6 Å². The second-order valence-electron chi connectivity index (χ2n) is 9.26. The highest BCUT2D eigenvalue weighted by Gasteiger charge is 2.29. The molecule has 1 N–H and O–H groups in total. The number of aromatic nitrogens is 1. The summed E-state index contributed by atoms with van der Waals surface area (Å²) in [7, 11) is 1.78. The Kier molecular flexibility index (Phi) is 8.03. The van der Waals surface area contributed by atoms with Crippen LogP contribution < -0.4 is 10.2 Å². The van der Waals surface area contributed by atoms with Gasteiger partial charge in [-0.3, -0.25) is 9.69 Å². The van der Waals surface area contributed by atoms with Gasteiger partial charge in [0.05, 0.1) is 18.8 Å². The Labute approximate surface area is 197 Å². The summed E-state index contributed by atoms with van der Waals surface area (Å²) in [6, 6.07) is 12.7. The normalized spacial score (nSPS) is 21.5. The zero-order valence-corrected chi connectivity index (χ0v) is 19.6. The Hall–Kier alpha value is -2.82. The molecular formula is C26H35N5O2. The number of terminal acetylenes is 1. The standard InChI is InChI=1S/C26H35N5O2/c1-3-11-29(2)26(32)17-21-9-10-27-19-22(21)16-23-18-25(33-28-23)20-30-12-14-31(15-13-30)24-7-5-4-6-8-24/h1,4-8,18,21-22,27H,9-17,19-20H2,2H3. The molecule has 4 rings (SSSR count). The summed E-state index contributed by atoms with van der Waals surface area (Å²) < 4.78 is 5.68. The van der Waals surface area contributed by atoms with Crippen molar-refractivity contribution < 1.29 is 9.32 Å². The Balaban J connectivity index is 1.27. The van der Waals surface area contributed by atoms with Gasteiger partial charge in [0, 0.05) is 51.4 Å². The number of hydrogen-bond acceptors (Lipinski definition) is 6. The van der Waals surface area contributed by atoms with E-state index in [2.05, 4.69) is 62.6 Å². The largest absolute Gasteiger partial charge is 0.369 e. The summed E-state index contributed by atoms with van der Waals surface area (Å²) in [6.07, 6.45) is 7.72. The van der Waals surface area contributed by atoms with Gasteiger partial charge in [0.1, 0.15) is 0 Å². The Morgan fingerprint density at radius 1 is 1.24 bits per heavy atom. The smallest absolute Gasteiger partial charge is 0.223 e.